The molecule has 0 saturated carbocycles. The molecule has 2 unspecified atom stereocenters. The van der Waals surface area contributed by atoms with E-state index in [-0.39, 0.29) is 24.2 Å². The minimum Gasteiger partial charge on any atom is -0.385 e. The Morgan fingerprint density at radius 3 is 2.60 bits per heavy atom. The van der Waals surface area contributed by atoms with Gasteiger partial charge in [-0.3, -0.25) is 9.35 Å². The van der Waals surface area contributed by atoms with E-state index in [2.05, 4.69) is 14.6 Å². The molecule has 3 fully saturated rings. The highest BCUT2D eigenvalue weighted by Crippen LogP contribution is 2.30. The highest BCUT2D eigenvalue weighted by atomic mass is 32.3. The van der Waals surface area contributed by atoms with Crippen LogP contribution in [0.3, 0.4) is 0 Å². The zero-order valence-corrected chi connectivity index (χ0v) is 14.3. The van der Waals surface area contributed by atoms with E-state index >= 15 is 0 Å². The third kappa shape index (κ3) is 3.92. The summed E-state index contributed by atoms with van der Waals surface area (Å²) >= 11 is 0. The molecule has 0 radical (unpaired) electrons. The standard InChI is InChI=1S/C13H21N5O6S/c14-11(16-12(19)8-3-5-15-6-4-8)10-2-1-9-7-17(10)13(20)18(9)24-25(21,22)23/h8-10,15H,1-7H2,(H2,14,16,19)(H,21,22,23). The Morgan fingerprint density at radius 1 is 1.28 bits per heavy atom. The molecule has 3 rings (SSSR count). The molecule has 140 valence electrons. The smallest absolute Gasteiger partial charge is 0.385 e. The molecule has 12 heteroatoms. The largest absolute Gasteiger partial charge is 0.418 e. The van der Waals surface area contributed by atoms with Gasteiger partial charge in [-0.25, -0.2) is 4.79 Å². The Balaban J connectivity index is 1.70. The second kappa shape index (κ2) is 6.86. The number of nitrogens with zero attached hydrogens (tertiary/aromatic N) is 3. The fourth-order valence-electron chi connectivity index (χ4n) is 3.50. The maximum absolute atomic E-state index is 12.3. The van der Waals surface area contributed by atoms with Crippen molar-refractivity contribution in [1.29, 1.82) is 0 Å². The van der Waals surface area contributed by atoms with Crippen molar-refractivity contribution in [2.45, 2.75) is 37.8 Å². The first kappa shape index (κ1) is 18.0. The number of fused-ring (bicyclic) bond motifs is 2. The van der Waals surface area contributed by atoms with E-state index < -0.39 is 28.5 Å². The quantitative estimate of drug-likeness (QED) is 0.317. The molecule has 3 aliphatic heterocycles. The summed E-state index contributed by atoms with van der Waals surface area (Å²) in [5.41, 5.74) is 5.97. The van der Waals surface area contributed by atoms with Gasteiger partial charge < -0.3 is 16.0 Å². The predicted molar refractivity (Wildman–Crippen MR) is 85.6 cm³/mol. The number of aliphatic imine (C=N–C) groups is 1. The minimum absolute atomic E-state index is 0.0454. The topological polar surface area (TPSA) is 155 Å². The van der Waals surface area contributed by atoms with Crippen LogP contribution in [0.2, 0.25) is 0 Å². The number of amides is 3. The van der Waals surface area contributed by atoms with Crippen LogP contribution < -0.4 is 11.1 Å². The number of nitrogens with one attached hydrogen (secondary N) is 1. The Morgan fingerprint density at radius 2 is 1.96 bits per heavy atom. The number of hydrogen-bond acceptors (Lipinski definition) is 6. The van der Waals surface area contributed by atoms with Crippen LogP contribution in [0.1, 0.15) is 25.7 Å². The lowest BCUT2D eigenvalue weighted by Crippen LogP contribution is -2.48. The molecule has 0 aliphatic carbocycles. The van der Waals surface area contributed by atoms with Crippen LogP contribution in [-0.4, -0.2) is 72.4 Å². The molecule has 11 nitrogen and oxygen atoms in total. The zero-order chi connectivity index (χ0) is 18.2. The SMILES string of the molecule is NC(=NC(=O)C1CCNCC1)C1CCC2CN1C(=O)N2OS(=O)(=O)O. The fraction of sp³-hybridized carbons (Fsp3) is 0.769. The van der Waals surface area contributed by atoms with Crippen molar-refractivity contribution in [2.75, 3.05) is 19.6 Å². The van der Waals surface area contributed by atoms with Crippen molar-refractivity contribution >= 4 is 28.2 Å². The second-order valence-corrected chi connectivity index (χ2v) is 7.41. The van der Waals surface area contributed by atoms with Gasteiger partial charge in [0.25, 0.3) is 5.91 Å². The summed E-state index contributed by atoms with van der Waals surface area (Å²) in [6, 6.07) is -1.82. The lowest BCUT2D eigenvalue weighted by molar-refractivity contribution is -0.122. The molecule has 0 aromatic heterocycles. The normalized spacial score (nSPS) is 28.5. The summed E-state index contributed by atoms with van der Waals surface area (Å²) in [4.78, 5) is 29.9. The van der Waals surface area contributed by atoms with Crippen LogP contribution in [0.5, 0.6) is 0 Å². The first-order valence-corrected chi connectivity index (χ1v) is 9.48. The second-order valence-electron chi connectivity index (χ2n) is 6.41. The molecule has 0 aromatic rings. The van der Waals surface area contributed by atoms with Gasteiger partial charge in [-0.15, -0.1) is 4.28 Å². The number of rotatable bonds is 4. The Bertz CT molecular complexity index is 689. The van der Waals surface area contributed by atoms with Crippen molar-refractivity contribution in [2.24, 2.45) is 16.6 Å². The number of hydrogen-bond donors (Lipinski definition) is 3. The van der Waals surface area contributed by atoms with Gasteiger partial charge in [0.2, 0.25) is 0 Å². The van der Waals surface area contributed by atoms with Gasteiger partial charge in [0.05, 0.1) is 12.1 Å². The fourth-order valence-corrected chi connectivity index (χ4v) is 3.89. The number of piperidine rings is 2. The maximum atomic E-state index is 12.3. The average molecular weight is 375 g/mol. The monoisotopic (exact) mass is 375 g/mol. The molecule has 0 spiro atoms. The van der Waals surface area contributed by atoms with Crippen LogP contribution in [0.25, 0.3) is 0 Å². The van der Waals surface area contributed by atoms with Crippen molar-refractivity contribution < 1.29 is 26.8 Å². The lowest BCUT2D eigenvalue weighted by atomic mass is 9.97. The van der Waals surface area contributed by atoms with Gasteiger partial charge in [-0.2, -0.15) is 18.5 Å². The summed E-state index contributed by atoms with van der Waals surface area (Å²) in [7, 11) is -4.79. The number of carbonyl (C=O) groups is 2. The van der Waals surface area contributed by atoms with E-state index in [1.165, 1.54) is 4.90 Å². The number of amidine groups is 1. The van der Waals surface area contributed by atoms with Gasteiger partial charge in [0.15, 0.2) is 0 Å². The molecule has 2 bridgehead atoms. The minimum atomic E-state index is -4.79. The average Bonchev–Trinajstić information content (AvgIpc) is 2.79. The van der Waals surface area contributed by atoms with E-state index in [9.17, 15) is 18.0 Å². The number of hydroxylamine groups is 2. The molecule has 3 aliphatic rings. The molecular weight excluding hydrogens is 354 g/mol. The highest BCUT2D eigenvalue weighted by Gasteiger charge is 2.48. The van der Waals surface area contributed by atoms with Crippen LogP contribution >= 0.6 is 0 Å². The Hall–Kier alpha value is -1.76. The molecule has 4 N–H and O–H groups in total. The molecule has 0 aromatic carbocycles. The summed E-state index contributed by atoms with van der Waals surface area (Å²) in [5.74, 6) is -0.423. The van der Waals surface area contributed by atoms with E-state index in [0.29, 0.717) is 30.7 Å². The van der Waals surface area contributed by atoms with Gasteiger partial charge in [-0.05, 0) is 38.8 Å². The van der Waals surface area contributed by atoms with Crippen molar-refractivity contribution in [3.8, 4) is 0 Å². The zero-order valence-electron chi connectivity index (χ0n) is 13.5. The van der Waals surface area contributed by atoms with E-state index in [1.807, 2.05) is 0 Å². The van der Waals surface area contributed by atoms with Crippen LogP contribution in [-0.2, 0) is 19.5 Å². The molecule has 3 saturated heterocycles. The summed E-state index contributed by atoms with van der Waals surface area (Å²) < 4.78 is 34.9. The van der Waals surface area contributed by atoms with Gasteiger partial charge in [0, 0.05) is 12.5 Å². The van der Waals surface area contributed by atoms with E-state index in [4.69, 9.17) is 10.3 Å². The third-order valence-electron chi connectivity index (χ3n) is 4.77. The maximum Gasteiger partial charge on any atom is 0.418 e. The van der Waals surface area contributed by atoms with E-state index in [1.54, 1.807) is 0 Å². The molecule has 2 atom stereocenters. The first-order chi connectivity index (χ1) is 11.8. The Labute approximate surface area is 145 Å². The highest BCUT2D eigenvalue weighted by molar-refractivity contribution is 7.80. The van der Waals surface area contributed by atoms with Gasteiger partial charge >= 0.3 is 16.4 Å². The first-order valence-electron chi connectivity index (χ1n) is 8.11. The van der Waals surface area contributed by atoms with Crippen molar-refractivity contribution in [1.82, 2.24) is 15.3 Å². The molecule has 25 heavy (non-hydrogen) atoms. The van der Waals surface area contributed by atoms with Crippen LogP contribution in [0.4, 0.5) is 4.79 Å². The molecule has 3 heterocycles. The number of nitrogens with two attached hydrogens (primary N) is 1. The summed E-state index contributed by atoms with van der Waals surface area (Å²) in [5, 5.41) is 3.80. The molecular formula is C13H21N5O6S. The molecule has 3 amide bonds. The number of carbonyl (C=O) groups excluding carboxylic acids is 2. The Kier molecular flexibility index (Phi) is 4.95. The van der Waals surface area contributed by atoms with Crippen molar-refractivity contribution in [3.05, 3.63) is 0 Å². The number of urea groups is 1. The van der Waals surface area contributed by atoms with Gasteiger partial charge in [0.1, 0.15) is 5.84 Å². The van der Waals surface area contributed by atoms with Crippen molar-refractivity contribution in [3.63, 3.8) is 0 Å². The van der Waals surface area contributed by atoms with Crippen LogP contribution in [0.15, 0.2) is 4.99 Å². The van der Waals surface area contributed by atoms with Crippen LogP contribution in [0, 0.1) is 5.92 Å². The summed E-state index contributed by atoms with van der Waals surface area (Å²) in [6.45, 7) is 1.70. The van der Waals surface area contributed by atoms with Gasteiger partial charge in [-0.1, -0.05) is 0 Å². The summed E-state index contributed by atoms with van der Waals surface area (Å²) in [6.07, 6.45) is 2.23. The lowest BCUT2D eigenvalue weighted by Gasteiger charge is -2.30. The third-order valence-corrected chi connectivity index (χ3v) is 5.12. The predicted octanol–water partition coefficient (Wildman–Crippen LogP) is -1.13. The van der Waals surface area contributed by atoms with E-state index in [0.717, 1.165) is 13.1 Å².